The van der Waals surface area contributed by atoms with Crippen LogP contribution in [0.1, 0.15) is 42.5 Å². The number of amides is 2. The summed E-state index contributed by atoms with van der Waals surface area (Å²) in [5, 5.41) is 12.1. The summed E-state index contributed by atoms with van der Waals surface area (Å²) in [6, 6.07) is 3.55. The zero-order valence-corrected chi connectivity index (χ0v) is 18.2. The van der Waals surface area contributed by atoms with Crippen LogP contribution in [-0.4, -0.2) is 58.5 Å². The summed E-state index contributed by atoms with van der Waals surface area (Å²) in [5.74, 6) is -0.129. The van der Waals surface area contributed by atoms with Crippen molar-refractivity contribution in [3.8, 4) is 0 Å². The second-order valence-corrected chi connectivity index (χ2v) is 8.45. The number of anilines is 1. The SMILES string of the molecule is O=C(NC1CCC(NC(=O)c2cccnc2)CC1)O[C@@H]1CCN(c2cn[nH]c(=O)c2Cl)C1. The molecule has 1 aliphatic carbocycles. The Kier molecular flexibility index (Phi) is 6.89. The van der Waals surface area contributed by atoms with Gasteiger partial charge >= 0.3 is 6.09 Å². The van der Waals surface area contributed by atoms with E-state index in [0.717, 1.165) is 25.7 Å². The fourth-order valence-electron chi connectivity index (χ4n) is 4.14. The zero-order chi connectivity index (χ0) is 22.5. The molecule has 170 valence electrons. The fourth-order valence-corrected chi connectivity index (χ4v) is 4.35. The van der Waals surface area contributed by atoms with Crippen molar-refractivity contribution in [2.24, 2.45) is 0 Å². The monoisotopic (exact) mass is 460 g/mol. The van der Waals surface area contributed by atoms with Gasteiger partial charge < -0.3 is 20.3 Å². The van der Waals surface area contributed by atoms with Gasteiger partial charge in [-0.3, -0.25) is 14.6 Å². The van der Waals surface area contributed by atoms with Gasteiger partial charge in [-0.05, 0) is 37.8 Å². The molecule has 3 N–H and O–H groups in total. The maximum Gasteiger partial charge on any atom is 0.407 e. The number of aromatic amines is 1. The molecule has 1 saturated heterocycles. The molecule has 3 heterocycles. The first-order chi connectivity index (χ1) is 15.5. The molecule has 2 amide bonds. The van der Waals surface area contributed by atoms with Crippen molar-refractivity contribution in [3.05, 3.63) is 51.7 Å². The van der Waals surface area contributed by atoms with Crippen LogP contribution >= 0.6 is 11.6 Å². The minimum atomic E-state index is -0.449. The first-order valence-corrected chi connectivity index (χ1v) is 11.0. The van der Waals surface area contributed by atoms with Crippen LogP contribution in [0.15, 0.2) is 35.5 Å². The van der Waals surface area contributed by atoms with E-state index < -0.39 is 11.7 Å². The predicted octanol–water partition coefficient (Wildman–Crippen LogP) is 1.86. The van der Waals surface area contributed by atoms with Crippen molar-refractivity contribution in [2.75, 3.05) is 18.0 Å². The third kappa shape index (κ3) is 5.37. The molecule has 2 aliphatic rings. The molecule has 2 aromatic rings. The lowest BCUT2D eigenvalue weighted by Gasteiger charge is -2.29. The number of hydrogen-bond donors (Lipinski definition) is 3. The summed E-state index contributed by atoms with van der Waals surface area (Å²) >= 11 is 6.06. The Morgan fingerprint density at radius 1 is 1.12 bits per heavy atom. The molecule has 4 rings (SSSR count). The predicted molar refractivity (Wildman–Crippen MR) is 118 cm³/mol. The van der Waals surface area contributed by atoms with Gasteiger partial charge in [0, 0.05) is 37.4 Å². The lowest BCUT2D eigenvalue weighted by atomic mass is 9.91. The van der Waals surface area contributed by atoms with E-state index in [2.05, 4.69) is 25.8 Å². The van der Waals surface area contributed by atoms with Crippen LogP contribution in [0.4, 0.5) is 10.5 Å². The van der Waals surface area contributed by atoms with Crippen LogP contribution in [-0.2, 0) is 4.74 Å². The molecule has 0 unspecified atom stereocenters. The highest BCUT2D eigenvalue weighted by Gasteiger charge is 2.29. The number of carbonyl (C=O) groups is 2. The van der Waals surface area contributed by atoms with E-state index in [4.69, 9.17) is 16.3 Å². The molecule has 0 radical (unpaired) electrons. The van der Waals surface area contributed by atoms with Crippen molar-refractivity contribution < 1.29 is 14.3 Å². The van der Waals surface area contributed by atoms with Crippen molar-refractivity contribution in [1.82, 2.24) is 25.8 Å². The maximum atomic E-state index is 12.4. The molecular weight excluding hydrogens is 436 g/mol. The number of H-pyrrole nitrogens is 1. The highest BCUT2D eigenvalue weighted by atomic mass is 35.5. The Balaban J connectivity index is 1.19. The summed E-state index contributed by atoms with van der Waals surface area (Å²) in [5.41, 5.74) is 0.631. The first-order valence-electron chi connectivity index (χ1n) is 10.7. The second kappa shape index (κ2) is 9.99. The van der Waals surface area contributed by atoms with Gasteiger partial charge in [-0.25, -0.2) is 9.89 Å². The largest absolute Gasteiger partial charge is 0.444 e. The number of nitrogens with one attached hydrogen (secondary N) is 3. The van der Waals surface area contributed by atoms with E-state index >= 15 is 0 Å². The van der Waals surface area contributed by atoms with E-state index in [1.165, 1.54) is 6.20 Å². The van der Waals surface area contributed by atoms with Crippen molar-refractivity contribution in [3.63, 3.8) is 0 Å². The van der Waals surface area contributed by atoms with Crippen LogP contribution in [0, 0.1) is 0 Å². The van der Waals surface area contributed by atoms with E-state index in [9.17, 15) is 14.4 Å². The lowest BCUT2D eigenvalue weighted by molar-refractivity contribution is 0.0908. The van der Waals surface area contributed by atoms with Crippen molar-refractivity contribution in [1.29, 1.82) is 0 Å². The fraction of sp³-hybridized carbons (Fsp3) is 0.476. The molecule has 11 heteroatoms. The smallest absolute Gasteiger partial charge is 0.407 e. The average Bonchev–Trinajstić information content (AvgIpc) is 3.25. The van der Waals surface area contributed by atoms with Crippen LogP contribution < -0.4 is 21.1 Å². The molecule has 0 spiro atoms. The molecule has 32 heavy (non-hydrogen) atoms. The van der Waals surface area contributed by atoms with E-state index in [1.807, 2.05) is 4.90 Å². The maximum absolute atomic E-state index is 12.4. The van der Waals surface area contributed by atoms with Gasteiger partial charge in [0.15, 0.2) is 0 Å². The first kappa shape index (κ1) is 22.1. The molecule has 10 nitrogen and oxygen atoms in total. The summed E-state index contributed by atoms with van der Waals surface area (Å²) < 4.78 is 5.57. The Morgan fingerprint density at radius 3 is 2.59 bits per heavy atom. The Bertz CT molecular complexity index is 1010. The number of aromatic nitrogens is 3. The molecule has 0 bridgehead atoms. The summed E-state index contributed by atoms with van der Waals surface area (Å²) in [7, 11) is 0. The highest BCUT2D eigenvalue weighted by Crippen LogP contribution is 2.26. The van der Waals surface area contributed by atoms with Gasteiger partial charge in [-0.15, -0.1) is 0 Å². The number of halogens is 1. The van der Waals surface area contributed by atoms with Gasteiger partial charge in [-0.2, -0.15) is 5.10 Å². The van der Waals surface area contributed by atoms with Gasteiger partial charge in [0.1, 0.15) is 11.1 Å². The number of hydrogen-bond acceptors (Lipinski definition) is 7. The van der Waals surface area contributed by atoms with Crippen LogP contribution in [0.3, 0.4) is 0 Å². The lowest BCUT2D eigenvalue weighted by Crippen LogP contribution is -2.44. The second-order valence-electron chi connectivity index (χ2n) is 8.07. The number of alkyl carbamates (subject to hydrolysis) is 1. The van der Waals surface area contributed by atoms with Gasteiger partial charge in [0.25, 0.3) is 11.5 Å². The number of pyridine rings is 1. The third-order valence-electron chi connectivity index (χ3n) is 5.84. The van der Waals surface area contributed by atoms with Crippen LogP contribution in [0.5, 0.6) is 0 Å². The Hall–Kier alpha value is -3.14. The molecular formula is C21H25ClN6O4. The number of carbonyl (C=O) groups excluding carboxylic acids is 2. The summed E-state index contributed by atoms with van der Waals surface area (Å²) in [4.78, 5) is 42.1. The molecule has 1 atom stereocenters. The molecule has 0 aromatic carbocycles. The Morgan fingerprint density at radius 2 is 1.88 bits per heavy atom. The minimum Gasteiger partial charge on any atom is -0.444 e. The quantitative estimate of drug-likeness (QED) is 0.621. The molecule has 2 fully saturated rings. The number of rotatable bonds is 5. The van der Waals surface area contributed by atoms with Gasteiger partial charge in [0.2, 0.25) is 0 Å². The molecule has 2 aromatic heterocycles. The number of nitrogens with zero attached hydrogens (tertiary/aromatic N) is 3. The van der Waals surface area contributed by atoms with Crippen molar-refractivity contribution >= 4 is 29.3 Å². The van der Waals surface area contributed by atoms with Crippen LogP contribution in [0.2, 0.25) is 5.02 Å². The van der Waals surface area contributed by atoms with Gasteiger partial charge in [-0.1, -0.05) is 11.6 Å². The zero-order valence-electron chi connectivity index (χ0n) is 17.4. The van der Waals surface area contributed by atoms with E-state index in [0.29, 0.717) is 30.8 Å². The average molecular weight is 461 g/mol. The molecule has 1 saturated carbocycles. The summed E-state index contributed by atoms with van der Waals surface area (Å²) in [6.07, 6.45) is 7.66. The van der Waals surface area contributed by atoms with E-state index in [-0.39, 0.29) is 29.1 Å². The minimum absolute atomic E-state index is 0.0119. The molecule has 1 aliphatic heterocycles. The standard InChI is InChI=1S/C21H25ClN6O4/c22-18-17(11-24-27-20(18)30)28-9-7-16(12-28)32-21(31)26-15-5-3-14(4-6-15)25-19(29)13-2-1-8-23-10-13/h1-2,8,10-11,14-16H,3-7,9,12H2,(H,25,29)(H,26,31)(H,27,30)/t14?,15?,16-/m1/s1. The number of ether oxygens (including phenoxy) is 1. The normalized spacial score (nSPS) is 22.9. The third-order valence-corrected chi connectivity index (χ3v) is 6.21. The highest BCUT2D eigenvalue weighted by molar-refractivity contribution is 6.33. The summed E-state index contributed by atoms with van der Waals surface area (Å²) in [6.45, 7) is 1.07. The van der Waals surface area contributed by atoms with E-state index in [1.54, 1.807) is 24.5 Å². The van der Waals surface area contributed by atoms with Crippen LogP contribution in [0.25, 0.3) is 0 Å². The van der Waals surface area contributed by atoms with Gasteiger partial charge in [0.05, 0.1) is 24.0 Å². The topological polar surface area (TPSA) is 129 Å². The Labute approximate surface area is 189 Å². The van der Waals surface area contributed by atoms with Crippen molar-refractivity contribution in [2.45, 2.75) is 50.3 Å².